The van der Waals surface area contributed by atoms with Gasteiger partial charge in [-0.3, -0.25) is 4.90 Å². The fourth-order valence-corrected chi connectivity index (χ4v) is 4.65. The summed E-state index contributed by atoms with van der Waals surface area (Å²) in [7, 11) is 4.43. The minimum atomic E-state index is 0.271. The van der Waals surface area contributed by atoms with Crippen LogP contribution < -0.4 is 5.73 Å². The molecular weight excluding hydrogens is 246 g/mol. The van der Waals surface area contributed by atoms with E-state index in [1.807, 2.05) is 0 Å². The molecule has 0 radical (unpaired) electrons. The van der Waals surface area contributed by atoms with Crippen molar-refractivity contribution in [3.63, 3.8) is 0 Å². The lowest BCUT2D eigenvalue weighted by atomic mass is 9.63. The first-order valence-corrected chi connectivity index (χ1v) is 8.42. The van der Waals surface area contributed by atoms with Gasteiger partial charge in [-0.2, -0.15) is 0 Å². The molecule has 0 aromatic carbocycles. The Morgan fingerprint density at radius 1 is 1.15 bits per heavy atom. The van der Waals surface area contributed by atoms with E-state index < -0.39 is 0 Å². The van der Waals surface area contributed by atoms with Crippen molar-refractivity contribution in [3.05, 3.63) is 0 Å². The van der Waals surface area contributed by atoms with Crippen molar-refractivity contribution in [1.29, 1.82) is 0 Å². The summed E-state index contributed by atoms with van der Waals surface area (Å²) in [6.07, 6.45) is 6.51. The minimum Gasteiger partial charge on any atom is -0.329 e. The first-order chi connectivity index (χ1) is 9.31. The Balaban J connectivity index is 2.05. The molecule has 0 amide bonds. The Labute approximate surface area is 125 Å². The summed E-state index contributed by atoms with van der Waals surface area (Å²) in [5, 5.41) is 0. The second kappa shape index (κ2) is 5.94. The molecule has 0 bridgehead atoms. The molecule has 0 aromatic rings. The van der Waals surface area contributed by atoms with E-state index in [9.17, 15) is 0 Å². The molecule has 2 fully saturated rings. The van der Waals surface area contributed by atoms with Crippen molar-refractivity contribution in [3.8, 4) is 0 Å². The molecule has 2 atom stereocenters. The number of likely N-dealkylation sites (tertiary alicyclic amines) is 1. The SMILES string of the molecule is CC1CC(C)(C)CCC1(CN)N1CCC(N(C)C)CC1. The molecule has 20 heavy (non-hydrogen) atoms. The fraction of sp³-hybridized carbons (Fsp3) is 1.00. The fourth-order valence-electron chi connectivity index (χ4n) is 4.65. The van der Waals surface area contributed by atoms with Crippen molar-refractivity contribution < 1.29 is 0 Å². The first-order valence-electron chi connectivity index (χ1n) is 8.42. The molecule has 1 heterocycles. The lowest BCUT2D eigenvalue weighted by Gasteiger charge is -2.55. The van der Waals surface area contributed by atoms with Gasteiger partial charge in [-0.1, -0.05) is 20.8 Å². The largest absolute Gasteiger partial charge is 0.329 e. The molecule has 2 rings (SSSR count). The molecule has 118 valence electrons. The molecule has 2 unspecified atom stereocenters. The summed E-state index contributed by atoms with van der Waals surface area (Å²) < 4.78 is 0. The van der Waals surface area contributed by atoms with Crippen molar-refractivity contribution in [2.24, 2.45) is 17.1 Å². The molecular formula is C17H35N3. The highest BCUT2D eigenvalue weighted by molar-refractivity contribution is 5.03. The van der Waals surface area contributed by atoms with Gasteiger partial charge < -0.3 is 10.6 Å². The highest BCUT2D eigenvalue weighted by Gasteiger charge is 2.47. The number of hydrogen-bond donors (Lipinski definition) is 1. The number of rotatable bonds is 3. The van der Waals surface area contributed by atoms with Crippen LogP contribution in [0.5, 0.6) is 0 Å². The summed E-state index contributed by atoms with van der Waals surface area (Å²) in [5.74, 6) is 0.715. The normalized spacial score (nSPS) is 36.5. The van der Waals surface area contributed by atoms with Crippen molar-refractivity contribution in [2.75, 3.05) is 33.7 Å². The molecule has 3 nitrogen and oxygen atoms in total. The second-order valence-electron chi connectivity index (χ2n) is 8.26. The van der Waals surface area contributed by atoms with Crippen LogP contribution in [0.4, 0.5) is 0 Å². The zero-order chi connectivity index (χ0) is 15.0. The molecule has 0 aromatic heterocycles. The van der Waals surface area contributed by atoms with Gasteiger partial charge in [0.15, 0.2) is 0 Å². The minimum absolute atomic E-state index is 0.271. The van der Waals surface area contributed by atoms with Crippen LogP contribution in [0.15, 0.2) is 0 Å². The van der Waals surface area contributed by atoms with Gasteiger partial charge in [-0.15, -0.1) is 0 Å². The number of nitrogens with two attached hydrogens (primary N) is 1. The topological polar surface area (TPSA) is 32.5 Å². The van der Waals surface area contributed by atoms with Gasteiger partial charge in [-0.25, -0.2) is 0 Å². The van der Waals surface area contributed by atoms with Crippen LogP contribution in [0.1, 0.15) is 52.9 Å². The third-order valence-electron chi connectivity index (χ3n) is 6.19. The lowest BCUT2D eigenvalue weighted by molar-refractivity contribution is -0.0410. The Morgan fingerprint density at radius 3 is 2.20 bits per heavy atom. The van der Waals surface area contributed by atoms with Crippen molar-refractivity contribution in [2.45, 2.75) is 64.5 Å². The number of nitrogens with zero attached hydrogens (tertiary/aromatic N) is 2. The van der Waals surface area contributed by atoms with Gasteiger partial charge in [-0.05, 0) is 57.5 Å². The summed E-state index contributed by atoms with van der Waals surface area (Å²) in [4.78, 5) is 5.13. The number of hydrogen-bond acceptors (Lipinski definition) is 3. The zero-order valence-corrected chi connectivity index (χ0v) is 14.3. The Bertz CT molecular complexity index is 318. The predicted octanol–water partition coefficient (Wildman–Crippen LogP) is 2.56. The lowest BCUT2D eigenvalue weighted by Crippen LogP contribution is -2.63. The maximum atomic E-state index is 6.29. The van der Waals surface area contributed by atoms with Gasteiger partial charge >= 0.3 is 0 Å². The van der Waals surface area contributed by atoms with Crippen molar-refractivity contribution >= 4 is 0 Å². The van der Waals surface area contributed by atoms with E-state index >= 15 is 0 Å². The third-order valence-corrected chi connectivity index (χ3v) is 6.19. The van der Waals surface area contributed by atoms with Crippen molar-refractivity contribution in [1.82, 2.24) is 9.80 Å². The van der Waals surface area contributed by atoms with E-state index in [1.54, 1.807) is 0 Å². The summed E-state index contributed by atoms with van der Waals surface area (Å²) in [6, 6.07) is 0.761. The Morgan fingerprint density at radius 2 is 1.75 bits per heavy atom. The van der Waals surface area contributed by atoms with Gasteiger partial charge in [0.2, 0.25) is 0 Å². The van der Waals surface area contributed by atoms with Crippen LogP contribution in [0.3, 0.4) is 0 Å². The molecule has 1 aliphatic carbocycles. The van der Waals surface area contributed by atoms with Crippen LogP contribution in [-0.4, -0.2) is 55.1 Å². The molecule has 1 aliphatic heterocycles. The highest BCUT2D eigenvalue weighted by atomic mass is 15.2. The molecule has 0 spiro atoms. The van der Waals surface area contributed by atoms with Crippen LogP contribution in [-0.2, 0) is 0 Å². The second-order valence-corrected chi connectivity index (χ2v) is 8.26. The molecule has 1 saturated carbocycles. The maximum Gasteiger partial charge on any atom is 0.0357 e. The maximum absolute atomic E-state index is 6.29. The highest BCUT2D eigenvalue weighted by Crippen LogP contribution is 2.46. The quantitative estimate of drug-likeness (QED) is 0.863. The standard InChI is InChI=1S/C17H35N3/c1-14-12-16(2,3)8-9-17(14,13-18)20-10-6-15(7-11-20)19(4)5/h14-15H,6-13,18H2,1-5H3. The number of piperidine rings is 1. The first kappa shape index (κ1) is 16.3. The predicted molar refractivity (Wildman–Crippen MR) is 86.9 cm³/mol. The molecule has 3 heteroatoms. The Hall–Kier alpha value is -0.120. The van der Waals surface area contributed by atoms with E-state index in [-0.39, 0.29) is 5.54 Å². The van der Waals surface area contributed by atoms with Gasteiger partial charge in [0.25, 0.3) is 0 Å². The average Bonchev–Trinajstić information content (AvgIpc) is 2.39. The summed E-state index contributed by atoms with van der Waals surface area (Å²) >= 11 is 0. The molecule has 1 saturated heterocycles. The van der Waals surface area contributed by atoms with Gasteiger partial charge in [0.1, 0.15) is 0 Å². The van der Waals surface area contributed by atoms with E-state index in [1.165, 1.54) is 45.2 Å². The summed E-state index contributed by atoms with van der Waals surface area (Å²) in [5.41, 5.74) is 7.06. The summed E-state index contributed by atoms with van der Waals surface area (Å²) in [6.45, 7) is 10.6. The van der Waals surface area contributed by atoms with Gasteiger partial charge in [0.05, 0.1) is 0 Å². The van der Waals surface area contributed by atoms with E-state index in [4.69, 9.17) is 5.73 Å². The van der Waals surface area contributed by atoms with Crippen LogP contribution in [0.25, 0.3) is 0 Å². The van der Waals surface area contributed by atoms with E-state index in [0.29, 0.717) is 11.3 Å². The molecule has 2 aliphatic rings. The molecule has 2 N–H and O–H groups in total. The smallest absolute Gasteiger partial charge is 0.0357 e. The van der Waals surface area contributed by atoms with Crippen LogP contribution in [0.2, 0.25) is 0 Å². The zero-order valence-electron chi connectivity index (χ0n) is 14.3. The monoisotopic (exact) mass is 281 g/mol. The Kier molecular flexibility index (Phi) is 4.83. The van der Waals surface area contributed by atoms with Crippen LogP contribution >= 0.6 is 0 Å². The van der Waals surface area contributed by atoms with E-state index in [0.717, 1.165) is 12.6 Å². The van der Waals surface area contributed by atoms with E-state index in [2.05, 4.69) is 44.7 Å². The third kappa shape index (κ3) is 3.05. The van der Waals surface area contributed by atoms with Crippen LogP contribution in [0, 0.1) is 11.3 Å². The van der Waals surface area contributed by atoms with Gasteiger partial charge in [0, 0.05) is 31.2 Å². The average molecular weight is 281 g/mol.